The van der Waals surface area contributed by atoms with Gasteiger partial charge in [0.2, 0.25) is 5.43 Å². The molecule has 6 heteroatoms. The fourth-order valence-corrected chi connectivity index (χ4v) is 2.58. The van der Waals surface area contributed by atoms with Crippen molar-refractivity contribution in [2.24, 2.45) is 0 Å². The number of aromatic hydroxyl groups is 1. The zero-order valence-electron chi connectivity index (χ0n) is 14.2. The molecule has 0 atom stereocenters. The molecular formula is C16H29N3O3. The lowest BCUT2D eigenvalue weighted by molar-refractivity contribution is 0.211. The molecule has 6 nitrogen and oxygen atoms in total. The average molecular weight is 311 g/mol. The number of aromatic nitrogens is 1. The lowest BCUT2D eigenvalue weighted by Gasteiger charge is -2.25. The highest BCUT2D eigenvalue weighted by atomic mass is 16.3. The molecule has 1 aromatic rings. The smallest absolute Gasteiger partial charge is 0.223 e. The molecule has 0 aliphatic carbocycles. The molecular weight excluding hydrogens is 282 g/mol. The van der Waals surface area contributed by atoms with Crippen molar-refractivity contribution in [3.8, 4) is 5.75 Å². The van der Waals surface area contributed by atoms with Crippen molar-refractivity contribution < 1.29 is 10.2 Å². The Labute approximate surface area is 132 Å². The number of aryl methyl sites for hydroxylation is 1. The molecule has 0 aromatic carbocycles. The fraction of sp³-hybridized carbons (Fsp3) is 0.688. The van der Waals surface area contributed by atoms with Gasteiger partial charge in [0.15, 0.2) is 5.75 Å². The van der Waals surface area contributed by atoms with E-state index in [0.29, 0.717) is 18.8 Å². The van der Waals surface area contributed by atoms with Crippen LogP contribution in [0.15, 0.2) is 10.9 Å². The van der Waals surface area contributed by atoms with Crippen LogP contribution in [0.4, 0.5) is 0 Å². The topological polar surface area (TPSA) is 68.9 Å². The molecule has 0 aliphatic rings. The van der Waals surface area contributed by atoms with Gasteiger partial charge in [-0.1, -0.05) is 13.8 Å². The van der Waals surface area contributed by atoms with Crippen LogP contribution in [0.3, 0.4) is 0 Å². The molecule has 0 bridgehead atoms. The van der Waals surface area contributed by atoms with Crippen LogP contribution in [0.25, 0.3) is 0 Å². The molecule has 1 heterocycles. The van der Waals surface area contributed by atoms with Crippen molar-refractivity contribution in [1.29, 1.82) is 0 Å². The quantitative estimate of drug-likeness (QED) is 0.700. The number of hydrogen-bond acceptors (Lipinski definition) is 5. The molecule has 2 N–H and O–H groups in total. The first-order valence-electron chi connectivity index (χ1n) is 7.88. The average Bonchev–Trinajstić information content (AvgIpc) is 2.48. The molecule has 0 unspecified atom stereocenters. The van der Waals surface area contributed by atoms with Gasteiger partial charge in [-0.3, -0.25) is 9.69 Å². The summed E-state index contributed by atoms with van der Waals surface area (Å²) in [7, 11) is 1.86. The number of pyridine rings is 1. The largest absolute Gasteiger partial charge is 0.503 e. The van der Waals surface area contributed by atoms with E-state index < -0.39 is 0 Å². The second kappa shape index (κ2) is 8.92. The first-order chi connectivity index (χ1) is 10.4. The summed E-state index contributed by atoms with van der Waals surface area (Å²) < 4.78 is 2.00. The van der Waals surface area contributed by atoms with E-state index in [0.717, 1.165) is 31.9 Å². The van der Waals surface area contributed by atoms with Gasteiger partial charge in [-0.25, -0.2) is 0 Å². The molecule has 0 radical (unpaired) electrons. The van der Waals surface area contributed by atoms with Crippen molar-refractivity contribution in [1.82, 2.24) is 14.4 Å². The normalized spacial score (nSPS) is 11.6. The lowest BCUT2D eigenvalue weighted by Crippen LogP contribution is -2.31. The summed E-state index contributed by atoms with van der Waals surface area (Å²) in [4.78, 5) is 16.1. The van der Waals surface area contributed by atoms with Gasteiger partial charge < -0.3 is 19.7 Å². The summed E-state index contributed by atoms with van der Waals surface area (Å²) in [6.07, 6.45) is 0. The van der Waals surface area contributed by atoms with E-state index in [2.05, 4.69) is 18.7 Å². The van der Waals surface area contributed by atoms with Crippen molar-refractivity contribution in [2.45, 2.75) is 33.9 Å². The Hall–Kier alpha value is -1.37. The Morgan fingerprint density at radius 3 is 2.41 bits per heavy atom. The van der Waals surface area contributed by atoms with Crippen LogP contribution >= 0.6 is 0 Å². The second-order valence-corrected chi connectivity index (χ2v) is 5.59. The Morgan fingerprint density at radius 1 is 1.23 bits per heavy atom. The van der Waals surface area contributed by atoms with Gasteiger partial charge in [0.05, 0.1) is 12.3 Å². The maximum atomic E-state index is 11.9. The SMILES string of the molecule is CCN(CC)CCn1c(C)cc(=O)c(O)c1CN(C)CCO. The van der Waals surface area contributed by atoms with Crippen LogP contribution in [0.1, 0.15) is 25.2 Å². The summed E-state index contributed by atoms with van der Waals surface area (Å²) in [6.45, 7) is 10.6. The van der Waals surface area contributed by atoms with Crippen LogP contribution in [0.2, 0.25) is 0 Å². The summed E-state index contributed by atoms with van der Waals surface area (Å²) in [5.74, 6) is -0.185. The molecule has 0 saturated heterocycles. The Morgan fingerprint density at radius 2 is 1.86 bits per heavy atom. The highest BCUT2D eigenvalue weighted by Crippen LogP contribution is 2.16. The predicted molar refractivity (Wildman–Crippen MR) is 88.3 cm³/mol. The van der Waals surface area contributed by atoms with Gasteiger partial charge in [0.1, 0.15) is 0 Å². The molecule has 0 fully saturated rings. The van der Waals surface area contributed by atoms with E-state index in [-0.39, 0.29) is 17.8 Å². The second-order valence-electron chi connectivity index (χ2n) is 5.59. The summed E-state index contributed by atoms with van der Waals surface area (Å²) in [5.41, 5.74) is 1.12. The number of nitrogens with zero attached hydrogens (tertiary/aromatic N) is 3. The van der Waals surface area contributed by atoms with Crippen LogP contribution < -0.4 is 5.43 Å². The van der Waals surface area contributed by atoms with Gasteiger partial charge in [0, 0.05) is 37.9 Å². The van der Waals surface area contributed by atoms with Gasteiger partial charge >= 0.3 is 0 Å². The minimum Gasteiger partial charge on any atom is -0.503 e. The predicted octanol–water partition coefficient (Wildman–Crippen LogP) is 0.628. The van der Waals surface area contributed by atoms with E-state index >= 15 is 0 Å². The van der Waals surface area contributed by atoms with E-state index in [1.54, 1.807) is 0 Å². The first-order valence-corrected chi connectivity index (χ1v) is 7.88. The Balaban J connectivity index is 3.07. The lowest BCUT2D eigenvalue weighted by atomic mass is 10.2. The van der Waals surface area contributed by atoms with Crippen molar-refractivity contribution >= 4 is 0 Å². The summed E-state index contributed by atoms with van der Waals surface area (Å²) >= 11 is 0. The van der Waals surface area contributed by atoms with Crippen molar-refractivity contribution in [3.63, 3.8) is 0 Å². The third-order valence-electron chi connectivity index (χ3n) is 4.03. The minimum absolute atomic E-state index is 0.0484. The van der Waals surface area contributed by atoms with Crippen LogP contribution in [0, 0.1) is 6.92 Å². The molecule has 22 heavy (non-hydrogen) atoms. The number of aliphatic hydroxyl groups is 1. The third-order valence-corrected chi connectivity index (χ3v) is 4.03. The number of hydrogen-bond donors (Lipinski definition) is 2. The molecule has 1 aromatic heterocycles. The maximum absolute atomic E-state index is 11.9. The minimum atomic E-state index is -0.344. The van der Waals surface area contributed by atoms with Crippen molar-refractivity contribution in [2.75, 3.05) is 39.8 Å². The maximum Gasteiger partial charge on any atom is 0.223 e. The van der Waals surface area contributed by atoms with Crippen LogP contribution in [0.5, 0.6) is 5.75 Å². The summed E-state index contributed by atoms with van der Waals surface area (Å²) in [5, 5.41) is 19.2. The van der Waals surface area contributed by atoms with Gasteiger partial charge in [0.25, 0.3) is 0 Å². The van der Waals surface area contributed by atoms with E-state index in [4.69, 9.17) is 5.11 Å². The van der Waals surface area contributed by atoms with Crippen molar-refractivity contribution in [3.05, 3.63) is 27.7 Å². The van der Waals surface area contributed by atoms with Crippen LogP contribution in [-0.4, -0.2) is 64.4 Å². The Kier molecular flexibility index (Phi) is 7.58. The Bertz CT molecular complexity index is 524. The third kappa shape index (κ3) is 4.83. The summed E-state index contributed by atoms with van der Waals surface area (Å²) in [6, 6.07) is 1.48. The first kappa shape index (κ1) is 18.7. The molecule has 126 valence electrons. The van der Waals surface area contributed by atoms with Gasteiger partial charge in [-0.15, -0.1) is 0 Å². The van der Waals surface area contributed by atoms with Gasteiger partial charge in [-0.2, -0.15) is 0 Å². The highest BCUT2D eigenvalue weighted by Gasteiger charge is 2.15. The van der Waals surface area contributed by atoms with E-state index in [9.17, 15) is 9.90 Å². The fourth-order valence-electron chi connectivity index (χ4n) is 2.58. The number of aliphatic hydroxyl groups excluding tert-OH is 1. The van der Waals surface area contributed by atoms with Gasteiger partial charge in [-0.05, 0) is 27.1 Å². The van der Waals surface area contributed by atoms with E-state index in [1.165, 1.54) is 6.07 Å². The monoisotopic (exact) mass is 311 g/mol. The molecule has 0 aliphatic heterocycles. The number of rotatable bonds is 9. The standard InChI is InChI=1S/C16H29N3O3/c1-5-18(6-2)7-8-19-13(3)11-15(21)16(22)14(19)12-17(4)9-10-20/h11,20,22H,5-10,12H2,1-4H3. The zero-order chi connectivity index (χ0) is 16.7. The zero-order valence-corrected chi connectivity index (χ0v) is 14.2. The molecule has 0 amide bonds. The highest BCUT2D eigenvalue weighted by molar-refractivity contribution is 5.29. The molecule has 1 rings (SSSR count). The molecule has 0 spiro atoms. The number of likely N-dealkylation sites (N-methyl/N-ethyl adjacent to an activating group) is 2. The van der Waals surface area contributed by atoms with E-state index in [1.807, 2.05) is 23.4 Å². The molecule has 0 saturated carbocycles. The van der Waals surface area contributed by atoms with Crippen LogP contribution in [-0.2, 0) is 13.1 Å².